The molecule has 0 atom stereocenters. The van der Waals surface area contributed by atoms with Crippen LogP contribution < -0.4 is 0 Å². The highest BCUT2D eigenvalue weighted by atomic mass is 28.4. The molecular formula is C18H29NO2Si. The van der Waals surface area contributed by atoms with E-state index in [1.165, 1.54) is 0 Å². The van der Waals surface area contributed by atoms with Gasteiger partial charge in [0.25, 0.3) is 8.32 Å². The Morgan fingerprint density at radius 3 is 2.27 bits per heavy atom. The van der Waals surface area contributed by atoms with E-state index in [-0.39, 0.29) is 5.04 Å². The quantitative estimate of drug-likeness (QED) is 0.312. The van der Waals surface area contributed by atoms with E-state index < -0.39 is 8.32 Å². The van der Waals surface area contributed by atoms with Crippen LogP contribution in [0.4, 0.5) is 0 Å². The molecule has 0 fully saturated rings. The lowest BCUT2D eigenvalue weighted by Gasteiger charge is -2.36. The van der Waals surface area contributed by atoms with Crippen molar-refractivity contribution < 1.29 is 9.16 Å². The zero-order valence-corrected chi connectivity index (χ0v) is 15.9. The standard InChI is InChI=1S/C18H29NO2Si/c1-8-20-15(2)19-17(14-16-12-10-9-11-13-16)21-22(6,7)18(3,4)5/h9-14H,8H2,1-7H3/b17-14-,19-15-. The zero-order chi connectivity index (χ0) is 16.8. The second-order valence-corrected chi connectivity index (χ2v) is 11.5. The summed E-state index contributed by atoms with van der Waals surface area (Å²) in [5, 5.41) is 0.123. The van der Waals surface area contributed by atoms with Gasteiger partial charge in [0.15, 0.2) is 5.90 Å². The molecule has 1 aromatic rings. The van der Waals surface area contributed by atoms with E-state index in [1.54, 1.807) is 0 Å². The van der Waals surface area contributed by atoms with Crippen molar-refractivity contribution in [3.63, 3.8) is 0 Å². The maximum atomic E-state index is 6.36. The monoisotopic (exact) mass is 319 g/mol. The summed E-state index contributed by atoms with van der Waals surface area (Å²) >= 11 is 0. The van der Waals surface area contributed by atoms with Crippen LogP contribution in [0.15, 0.2) is 41.2 Å². The predicted octanol–water partition coefficient (Wildman–Crippen LogP) is 5.46. The van der Waals surface area contributed by atoms with Crippen molar-refractivity contribution in [2.24, 2.45) is 4.99 Å². The van der Waals surface area contributed by atoms with Crippen molar-refractivity contribution in [2.75, 3.05) is 6.61 Å². The van der Waals surface area contributed by atoms with Gasteiger partial charge in [-0.3, -0.25) is 0 Å². The Morgan fingerprint density at radius 2 is 1.77 bits per heavy atom. The largest absolute Gasteiger partial charge is 0.531 e. The van der Waals surface area contributed by atoms with E-state index in [0.29, 0.717) is 18.4 Å². The van der Waals surface area contributed by atoms with Gasteiger partial charge in [-0.05, 0) is 30.6 Å². The Balaban J connectivity index is 3.13. The van der Waals surface area contributed by atoms with Crippen LogP contribution >= 0.6 is 0 Å². The van der Waals surface area contributed by atoms with Crippen molar-refractivity contribution >= 4 is 20.3 Å². The summed E-state index contributed by atoms with van der Waals surface area (Å²) in [7, 11) is -1.94. The topological polar surface area (TPSA) is 30.8 Å². The average Bonchev–Trinajstić information content (AvgIpc) is 2.38. The van der Waals surface area contributed by atoms with Crippen LogP contribution in [0.3, 0.4) is 0 Å². The Hall–Kier alpha value is -1.55. The molecule has 22 heavy (non-hydrogen) atoms. The second-order valence-electron chi connectivity index (χ2n) is 6.82. The maximum Gasteiger partial charge on any atom is 0.252 e. The van der Waals surface area contributed by atoms with E-state index in [2.05, 4.69) is 38.9 Å². The van der Waals surface area contributed by atoms with Gasteiger partial charge in [-0.1, -0.05) is 51.1 Å². The third kappa shape index (κ3) is 5.68. The molecule has 0 aromatic heterocycles. The smallest absolute Gasteiger partial charge is 0.252 e. The summed E-state index contributed by atoms with van der Waals surface area (Å²) in [6.45, 7) is 15.5. The van der Waals surface area contributed by atoms with E-state index >= 15 is 0 Å². The van der Waals surface area contributed by atoms with Crippen LogP contribution in [0.2, 0.25) is 18.1 Å². The van der Waals surface area contributed by atoms with Gasteiger partial charge in [0.05, 0.1) is 6.61 Å². The third-order valence-electron chi connectivity index (χ3n) is 3.88. The van der Waals surface area contributed by atoms with Crippen molar-refractivity contribution in [1.29, 1.82) is 0 Å². The molecule has 0 N–H and O–H groups in total. The summed E-state index contributed by atoms with van der Waals surface area (Å²) in [6, 6.07) is 10.1. The van der Waals surface area contributed by atoms with Gasteiger partial charge in [0, 0.05) is 13.0 Å². The summed E-state index contributed by atoms with van der Waals surface area (Å²) in [5.41, 5.74) is 1.07. The molecule has 4 heteroatoms. The molecule has 1 rings (SSSR count). The molecule has 0 heterocycles. The highest BCUT2D eigenvalue weighted by Gasteiger charge is 2.39. The van der Waals surface area contributed by atoms with Crippen LogP contribution in [0.1, 0.15) is 40.2 Å². The summed E-state index contributed by atoms with van der Waals surface area (Å²) in [5.74, 6) is 1.26. The first-order valence-corrected chi connectivity index (χ1v) is 10.7. The molecule has 0 unspecified atom stereocenters. The minimum atomic E-state index is -1.94. The highest BCUT2D eigenvalue weighted by molar-refractivity contribution is 6.74. The van der Waals surface area contributed by atoms with E-state index in [0.717, 1.165) is 5.56 Å². The maximum absolute atomic E-state index is 6.36. The van der Waals surface area contributed by atoms with E-state index in [9.17, 15) is 0 Å². The SMILES string of the molecule is CCO/C(C)=N\C(=C\c1ccccc1)O[Si](C)(C)C(C)(C)C. The average molecular weight is 320 g/mol. The van der Waals surface area contributed by atoms with Crippen LogP contribution in [0, 0.1) is 0 Å². The lowest BCUT2D eigenvalue weighted by atomic mass is 10.2. The van der Waals surface area contributed by atoms with Crippen molar-refractivity contribution in [3.05, 3.63) is 41.8 Å². The van der Waals surface area contributed by atoms with Gasteiger partial charge in [-0.15, -0.1) is 0 Å². The van der Waals surface area contributed by atoms with Gasteiger partial charge >= 0.3 is 0 Å². The highest BCUT2D eigenvalue weighted by Crippen LogP contribution is 2.38. The van der Waals surface area contributed by atoms with E-state index in [1.807, 2.05) is 50.3 Å². The number of nitrogens with zero attached hydrogens (tertiary/aromatic N) is 1. The van der Waals surface area contributed by atoms with Gasteiger partial charge in [-0.2, -0.15) is 4.99 Å². The van der Waals surface area contributed by atoms with Crippen molar-refractivity contribution in [3.8, 4) is 0 Å². The number of rotatable bonds is 5. The summed E-state index contributed by atoms with van der Waals surface area (Å²) < 4.78 is 11.8. The molecule has 0 spiro atoms. The number of hydrogen-bond acceptors (Lipinski definition) is 3. The molecule has 0 radical (unpaired) electrons. The lowest BCUT2D eigenvalue weighted by molar-refractivity contribution is 0.317. The molecule has 0 saturated carbocycles. The normalized spacial score (nSPS) is 14.0. The Bertz CT molecular complexity index is 528. The van der Waals surface area contributed by atoms with Gasteiger partial charge in [0.1, 0.15) is 0 Å². The minimum absolute atomic E-state index is 0.123. The Morgan fingerprint density at radius 1 is 1.18 bits per heavy atom. The first-order valence-electron chi connectivity index (χ1n) is 7.79. The Labute approximate surface area is 136 Å². The molecule has 0 aliphatic rings. The molecule has 0 bridgehead atoms. The van der Waals surface area contributed by atoms with Crippen LogP contribution in [-0.2, 0) is 9.16 Å². The van der Waals surface area contributed by atoms with Crippen LogP contribution in [-0.4, -0.2) is 20.8 Å². The van der Waals surface area contributed by atoms with Crippen molar-refractivity contribution in [1.82, 2.24) is 0 Å². The van der Waals surface area contributed by atoms with Gasteiger partial charge < -0.3 is 9.16 Å². The molecule has 1 aromatic carbocycles. The Kier molecular flexibility index (Phi) is 6.42. The minimum Gasteiger partial charge on any atom is -0.531 e. The fourth-order valence-electron chi connectivity index (χ4n) is 1.59. The number of benzene rings is 1. The molecule has 3 nitrogen and oxygen atoms in total. The zero-order valence-electron chi connectivity index (χ0n) is 14.9. The number of ether oxygens (including phenoxy) is 1. The third-order valence-corrected chi connectivity index (χ3v) is 8.21. The molecule has 0 aliphatic heterocycles. The summed E-state index contributed by atoms with van der Waals surface area (Å²) in [4.78, 5) is 4.53. The van der Waals surface area contributed by atoms with Crippen LogP contribution in [0.5, 0.6) is 0 Å². The predicted molar refractivity (Wildman–Crippen MR) is 97.4 cm³/mol. The van der Waals surface area contributed by atoms with E-state index in [4.69, 9.17) is 9.16 Å². The fourth-order valence-corrected chi connectivity index (χ4v) is 2.52. The molecule has 0 saturated heterocycles. The first-order chi connectivity index (χ1) is 10.2. The molecule has 122 valence electrons. The van der Waals surface area contributed by atoms with Crippen molar-refractivity contribution in [2.45, 2.75) is 52.8 Å². The molecular weight excluding hydrogens is 290 g/mol. The summed E-state index contributed by atoms with van der Waals surface area (Å²) in [6.07, 6.45) is 1.98. The fraction of sp³-hybridized carbons (Fsp3) is 0.500. The number of aliphatic imine (C=N–C) groups is 1. The molecule has 0 aliphatic carbocycles. The first kappa shape index (κ1) is 18.5. The lowest BCUT2D eigenvalue weighted by Crippen LogP contribution is -2.40. The second kappa shape index (κ2) is 7.63. The molecule has 0 amide bonds. The van der Waals surface area contributed by atoms with Crippen LogP contribution in [0.25, 0.3) is 6.08 Å². The van der Waals surface area contributed by atoms with Gasteiger partial charge in [0.2, 0.25) is 5.88 Å². The van der Waals surface area contributed by atoms with Gasteiger partial charge in [-0.25, -0.2) is 0 Å². The number of hydrogen-bond donors (Lipinski definition) is 0.